The number of thiazole rings is 1. The van der Waals surface area contributed by atoms with Gasteiger partial charge in [0.25, 0.3) is 0 Å². The molecule has 5 heteroatoms. The van der Waals surface area contributed by atoms with E-state index in [2.05, 4.69) is 28.5 Å². The molecule has 0 aliphatic heterocycles. The Morgan fingerprint density at radius 1 is 1.62 bits per heavy atom. The summed E-state index contributed by atoms with van der Waals surface area (Å²) >= 11 is 1.56. The van der Waals surface area contributed by atoms with Crippen LogP contribution in [0.3, 0.4) is 0 Å². The van der Waals surface area contributed by atoms with E-state index in [1.54, 1.807) is 11.3 Å². The van der Waals surface area contributed by atoms with E-state index in [1.807, 2.05) is 12.4 Å². The maximum absolute atomic E-state index is 11.1. The average molecular weight is 242 g/mol. The van der Waals surface area contributed by atoms with Gasteiger partial charge in [0, 0.05) is 19.0 Å². The molecule has 0 amide bonds. The van der Waals surface area contributed by atoms with E-state index in [0.29, 0.717) is 5.92 Å². The number of hydrogen-bond acceptors (Lipinski definition) is 5. The third kappa shape index (κ3) is 3.81. The number of carbonyl (C=O) groups excluding carboxylic acids is 1. The smallest absolute Gasteiger partial charge is 0.311 e. The Balaban J connectivity index is 2.60. The highest BCUT2D eigenvalue weighted by Crippen LogP contribution is 2.20. The molecule has 0 radical (unpaired) electrons. The summed E-state index contributed by atoms with van der Waals surface area (Å²) < 4.78 is 4.60. The number of carbonyl (C=O) groups is 1. The number of rotatable bonds is 5. The van der Waals surface area contributed by atoms with Crippen molar-refractivity contribution < 1.29 is 9.53 Å². The first-order valence-electron chi connectivity index (χ1n) is 5.25. The van der Waals surface area contributed by atoms with E-state index in [9.17, 15) is 4.79 Å². The Hall–Kier alpha value is -1.10. The van der Waals surface area contributed by atoms with Crippen LogP contribution in [0.4, 0.5) is 5.13 Å². The average Bonchev–Trinajstić information content (AvgIpc) is 2.65. The molecule has 1 rings (SSSR count). The standard InChI is InChI=1S/C11H18N2O2S/c1-8(2)6-13(3)11-12-9(7-16-11)5-10(14)15-4/h7-8H,5-6H2,1-4H3. The first kappa shape index (κ1) is 13.0. The van der Waals surface area contributed by atoms with Crippen LogP contribution in [0.1, 0.15) is 19.5 Å². The predicted molar refractivity (Wildman–Crippen MR) is 65.9 cm³/mol. The topological polar surface area (TPSA) is 42.4 Å². The van der Waals surface area contributed by atoms with Gasteiger partial charge in [-0.25, -0.2) is 4.98 Å². The van der Waals surface area contributed by atoms with Crippen LogP contribution in [0.2, 0.25) is 0 Å². The molecule has 0 unspecified atom stereocenters. The molecule has 0 spiro atoms. The maximum atomic E-state index is 11.1. The maximum Gasteiger partial charge on any atom is 0.311 e. The lowest BCUT2D eigenvalue weighted by atomic mass is 10.2. The summed E-state index contributed by atoms with van der Waals surface area (Å²) in [7, 11) is 3.40. The van der Waals surface area contributed by atoms with Gasteiger partial charge < -0.3 is 9.64 Å². The van der Waals surface area contributed by atoms with Gasteiger partial charge in [-0.2, -0.15) is 0 Å². The zero-order valence-corrected chi connectivity index (χ0v) is 11.0. The monoisotopic (exact) mass is 242 g/mol. The third-order valence-corrected chi connectivity index (χ3v) is 3.06. The van der Waals surface area contributed by atoms with E-state index in [0.717, 1.165) is 17.4 Å². The SMILES string of the molecule is COC(=O)Cc1csc(N(C)CC(C)C)n1. The summed E-state index contributed by atoms with van der Waals surface area (Å²) in [6.45, 7) is 5.30. The second-order valence-corrected chi connectivity index (χ2v) is 4.99. The molecule has 0 fully saturated rings. The molecular weight excluding hydrogens is 224 g/mol. The molecule has 0 saturated heterocycles. The quantitative estimate of drug-likeness (QED) is 0.740. The highest BCUT2D eigenvalue weighted by molar-refractivity contribution is 7.13. The Bertz CT molecular complexity index is 350. The summed E-state index contributed by atoms with van der Waals surface area (Å²) in [5, 5.41) is 2.86. The van der Waals surface area contributed by atoms with E-state index in [4.69, 9.17) is 0 Å². The van der Waals surface area contributed by atoms with Crippen molar-refractivity contribution >= 4 is 22.4 Å². The lowest BCUT2D eigenvalue weighted by Gasteiger charge is -2.17. The molecular formula is C11H18N2O2S. The van der Waals surface area contributed by atoms with Gasteiger partial charge in [0.15, 0.2) is 5.13 Å². The first-order valence-corrected chi connectivity index (χ1v) is 6.13. The number of nitrogens with zero attached hydrogens (tertiary/aromatic N) is 2. The van der Waals surface area contributed by atoms with Crippen LogP contribution in [-0.2, 0) is 16.0 Å². The largest absolute Gasteiger partial charge is 0.469 e. The molecule has 0 N–H and O–H groups in total. The van der Waals surface area contributed by atoms with Gasteiger partial charge in [0.1, 0.15) is 0 Å². The summed E-state index contributed by atoms with van der Waals surface area (Å²) in [6.07, 6.45) is 0.252. The van der Waals surface area contributed by atoms with Gasteiger partial charge in [0.2, 0.25) is 0 Å². The highest BCUT2D eigenvalue weighted by Gasteiger charge is 2.11. The summed E-state index contributed by atoms with van der Waals surface area (Å²) in [6, 6.07) is 0. The fourth-order valence-corrected chi connectivity index (χ4v) is 2.20. The van der Waals surface area contributed by atoms with Crippen LogP contribution in [0.25, 0.3) is 0 Å². The minimum absolute atomic E-state index is 0.247. The molecule has 1 aromatic heterocycles. The van der Waals surface area contributed by atoms with Crippen molar-refractivity contribution in [1.29, 1.82) is 0 Å². The van der Waals surface area contributed by atoms with Crippen LogP contribution in [0.5, 0.6) is 0 Å². The van der Waals surface area contributed by atoms with Crippen molar-refractivity contribution in [2.45, 2.75) is 20.3 Å². The molecule has 0 aromatic carbocycles. The van der Waals surface area contributed by atoms with Gasteiger partial charge in [-0.15, -0.1) is 11.3 Å². The zero-order chi connectivity index (χ0) is 12.1. The zero-order valence-electron chi connectivity index (χ0n) is 10.2. The van der Waals surface area contributed by atoms with Crippen molar-refractivity contribution in [3.63, 3.8) is 0 Å². The third-order valence-electron chi connectivity index (χ3n) is 2.06. The molecule has 0 bridgehead atoms. The Labute approximate surface area is 100 Å². The van der Waals surface area contributed by atoms with Gasteiger partial charge in [-0.3, -0.25) is 4.79 Å². The summed E-state index contributed by atoms with van der Waals surface area (Å²) in [5.74, 6) is 0.348. The van der Waals surface area contributed by atoms with Crippen LogP contribution in [-0.4, -0.2) is 31.7 Å². The fraction of sp³-hybridized carbons (Fsp3) is 0.636. The van der Waals surface area contributed by atoms with Crippen LogP contribution >= 0.6 is 11.3 Å². The Morgan fingerprint density at radius 3 is 2.88 bits per heavy atom. The Morgan fingerprint density at radius 2 is 2.31 bits per heavy atom. The van der Waals surface area contributed by atoms with Crippen LogP contribution < -0.4 is 4.90 Å². The highest BCUT2D eigenvalue weighted by atomic mass is 32.1. The number of anilines is 1. The first-order chi connectivity index (χ1) is 7.52. The number of aromatic nitrogens is 1. The summed E-state index contributed by atoms with van der Waals surface area (Å²) in [4.78, 5) is 17.6. The predicted octanol–water partition coefficient (Wildman–Crippen LogP) is 1.95. The van der Waals surface area contributed by atoms with E-state index < -0.39 is 0 Å². The molecule has 0 atom stereocenters. The number of esters is 1. The molecule has 16 heavy (non-hydrogen) atoms. The molecule has 0 aliphatic rings. The second-order valence-electron chi connectivity index (χ2n) is 4.15. The van der Waals surface area contributed by atoms with Crippen LogP contribution in [0, 0.1) is 5.92 Å². The van der Waals surface area contributed by atoms with E-state index >= 15 is 0 Å². The van der Waals surface area contributed by atoms with Crippen molar-refractivity contribution in [3.8, 4) is 0 Å². The molecule has 0 aliphatic carbocycles. The minimum atomic E-state index is -0.247. The summed E-state index contributed by atoms with van der Waals surface area (Å²) in [5.41, 5.74) is 0.780. The van der Waals surface area contributed by atoms with Crippen molar-refractivity contribution in [2.75, 3.05) is 25.6 Å². The minimum Gasteiger partial charge on any atom is -0.469 e. The second kappa shape index (κ2) is 5.84. The van der Waals surface area contributed by atoms with Crippen LogP contribution in [0.15, 0.2) is 5.38 Å². The normalized spacial score (nSPS) is 10.6. The Kier molecular flexibility index (Phi) is 4.73. The van der Waals surface area contributed by atoms with Crippen molar-refractivity contribution in [3.05, 3.63) is 11.1 Å². The van der Waals surface area contributed by atoms with E-state index in [-0.39, 0.29) is 12.4 Å². The lowest BCUT2D eigenvalue weighted by Crippen LogP contribution is -2.22. The molecule has 0 saturated carbocycles. The van der Waals surface area contributed by atoms with Crippen molar-refractivity contribution in [1.82, 2.24) is 4.98 Å². The van der Waals surface area contributed by atoms with Crippen molar-refractivity contribution in [2.24, 2.45) is 5.92 Å². The van der Waals surface area contributed by atoms with Gasteiger partial charge in [-0.05, 0) is 5.92 Å². The van der Waals surface area contributed by atoms with E-state index in [1.165, 1.54) is 7.11 Å². The number of ether oxygens (including phenoxy) is 1. The number of methoxy groups -OCH3 is 1. The molecule has 90 valence electrons. The van der Waals surface area contributed by atoms with Gasteiger partial charge in [0.05, 0.1) is 19.2 Å². The lowest BCUT2D eigenvalue weighted by molar-refractivity contribution is -0.139. The fourth-order valence-electron chi connectivity index (χ4n) is 1.40. The number of hydrogen-bond donors (Lipinski definition) is 0. The molecule has 1 heterocycles. The van der Waals surface area contributed by atoms with Gasteiger partial charge in [-0.1, -0.05) is 13.8 Å². The molecule has 4 nitrogen and oxygen atoms in total. The van der Waals surface area contributed by atoms with Gasteiger partial charge >= 0.3 is 5.97 Å². The molecule has 1 aromatic rings.